The number of rotatable bonds is 2. The summed E-state index contributed by atoms with van der Waals surface area (Å²) < 4.78 is 0. The predicted octanol–water partition coefficient (Wildman–Crippen LogP) is 5.47. The van der Waals surface area contributed by atoms with Crippen LogP contribution in [0.3, 0.4) is 0 Å². The molecule has 1 heterocycles. The molecule has 0 aliphatic heterocycles. The Hall–Kier alpha value is -2.45. The van der Waals surface area contributed by atoms with Gasteiger partial charge in [-0.05, 0) is 41.1 Å². The summed E-state index contributed by atoms with van der Waals surface area (Å²) >= 11 is 1.69. The van der Waals surface area contributed by atoms with Crippen molar-refractivity contribution in [3.63, 3.8) is 0 Å². The molecule has 0 saturated heterocycles. The van der Waals surface area contributed by atoms with E-state index in [4.69, 9.17) is 0 Å². The second-order valence-corrected chi connectivity index (χ2v) is 6.78. The van der Waals surface area contributed by atoms with Crippen LogP contribution in [0.1, 0.15) is 37.8 Å². The third-order valence-corrected chi connectivity index (χ3v) is 5.38. The molecule has 0 radical (unpaired) electrons. The number of fused-ring (bicyclic) bond motifs is 1. The fraction of sp³-hybridized carbons (Fsp3) is 0.0952. The highest BCUT2D eigenvalue weighted by Gasteiger charge is 2.35. The number of hydrogen-bond acceptors (Lipinski definition) is 2. The van der Waals surface area contributed by atoms with Crippen molar-refractivity contribution in [3.05, 3.63) is 98.7 Å². The minimum atomic E-state index is 0.0291. The lowest BCUT2D eigenvalue weighted by atomic mass is 9.89. The van der Waals surface area contributed by atoms with Crippen LogP contribution >= 0.6 is 11.3 Å². The van der Waals surface area contributed by atoms with Gasteiger partial charge in [0.2, 0.25) is 0 Å². The molecule has 0 spiro atoms. The van der Waals surface area contributed by atoms with Gasteiger partial charge in [0, 0.05) is 21.9 Å². The lowest BCUT2D eigenvalue weighted by Crippen LogP contribution is -2.02. The summed E-state index contributed by atoms with van der Waals surface area (Å²) in [5.74, 6) is 0.184. The van der Waals surface area contributed by atoms with E-state index in [9.17, 15) is 4.79 Å². The average molecular weight is 316 g/mol. The van der Waals surface area contributed by atoms with Gasteiger partial charge in [-0.3, -0.25) is 4.79 Å². The van der Waals surface area contributed by atoms with E-state index in [-0.39, 0.29) is 11.7 Å². The summed E-state index contributed by atoms with van der Waals surface area (Å²) in [6.07, 6.45) is 2.08. The van der Waals surface area contributed by atoms with E-state index >= 15 is 0 Å². The molecule has 1 aliphatic carbocycles. The Balaban J connectivity index is 1.93. The van der Waals surface area contributed by atoms with Crippen LogP contribution in [-0.4, -0.2) is 5.78 Å². The Morgan fingerprint density at radius 2 is 1.70 bits per heavy atom. The molecule has 23 heavy (non-hydrogen) atoms. The fourth-order valence-electron chi connectivity index (χ4n) is 3.24. The predicted molar refractivity (Wildman–Crippen MR) is 96.1 cm³/mol. The molecule has 1 aliphatic rings. The van der Waals surface area contributed by atoms with Crippen LogP contribution in [0.2, 0.25) is 0 Å². The number of ketones is 1. The molecular weight excluding hydrogens is 300 g/mol. The first-order chi connectivity index (χ1) is 11.3. The molecule has 2 heteroatoms. The van der Waals surface area contributed by atoms with Crippen LogP contribution in [-0.2, 0) is 0 Å². The van der Waals surface area contributed by atoms with Crippen molar-refractivity contribution in [1.29, 1.82) is 0 Å². The first kappa shape index (κ1) is 14.2. The number of thiophene rings is 1. The zero-order valence-corrected chi connectivity index (χ0v) is 13.6. The molecule has 0 fully saturated rings. The van der Waals surface area contributed by atoms with Crippen molar-refractivity contribution in [2.45, 2.75) is 12.8 Å². The maximum Gasteiger partial charge on any atom is 0.190 e. The summed E-state index contributed by atoms with van der Waals surface area (Å²) in [6.45, 7) is 2.09. The number of carbonyl (C=O) groups is 1. The summed E-state index contributed by atoms with van der Waals surface area (Å²) in [7, 11) is 0. The highest BCUT2D eigenvalue weighted by atomic mass is 32.1. The average Bonchev–Trinajstić information content (AvgIpc) is 3.11. The van der Waals surface area contributed by atoms with Gasteiger partial charge in [-0.15, -0.1) is 11.3 Å². The number of benzene rings is 2. The minimum Gasteiger partial charge on any atom is -0.289 e. The smallest absolute Gasteiger partial charge is 0.190 e. The van der Waals surface area contributed by atoms with Crippen LogP contribution in [0, 0.1) is 6.92 Å². The van der Waals surface area contributed by atoms with Crippen LogP contribution in [0.25, 0.3) is 6.08 Å². The van der Waals surface area contributed by atoms with Gasteiger partial charge >= 0.3 is 0 Å². The third-order valence-electron chi connectivity index (χ3n) is 4.41. The Kier molecular flexibility index (Phi) is 3.47. The van der Waals surface area contributed by atoms with Gasteiger partial charge in [0.25, 0.3) is 0 Å². The summed E-state index contributed by atoms with van der Waals surface area (Å²) in [5, 5.41) is 2.08. The number of Topliss-reactive ketones (excluding diaryl/α,β-unsaturated/α-hetero) is 1. The molecule has 3 aromatic rings. The van der Waals surface area contributed by atoms with Gasteiger partial charge in [0.15, 0.2) is 5.78 Å². The van der Waals surface area contributed by atoms with Crippen LogP contribution in [0.15, 0.2) is 71.6 Å². The van der Waals surface area contributed by atoms with E-state index in [0.717, 1.165) is 16.7 Å². The Bertz CT molecular complexity index is 902. The molecule has 0 saturated carbocycles. The van der Waals surface area contributed by atoms with Crippen LogP contribution < -0.4 is 0 Å². The van der Waals surface area contributed by atoms with Gasteiger partial charge in [-0.2, -0.15) is 0 Å². The topological polar surface area (TPSA) is 17.1 Å². The molecule has 112 valence electrons. The Morgan fingerprint density at radius 1 is 0.957 bits per heavy atom. The SMILES string of the molecule is Cc1ccsc1/C=C1\C(=O)c2ccccc2[C@@H]1c1ccccc1. The highest BCUT2D eigenvalue weighted by molar-refractivity contribution is 7.11. The molecule has 1 atom stereocenters. The third kappa shape index (κ3) is 2.36. The maximum atomic E-state index is 13.0. The van der Waals surface area contributed by atoms with E-state index < -0.39 is 0 Å². The van der Waals surface area contributed by atoms with Crippen molar-refractivity contribution in [1.82, 2.24) is 0 Å². The fourth-order valence-corrected chi connectivity index (χ4v) is 4.10. The molecule has 0 bridgehead atoms. The number of allylic oxidation sites excluding steroid dienone is 1. The highest BCUT2D eigenvalue weighted by Crippen LogP contribution is 2.43. The monoisotopic (exact) mass is 316 g/mol. The second kappa shape index (κ2) is 5.64. The molecule has 0 N–H and O–H groups in total. The molecule has 0 unspecified atom stereocenters. The number of aryl methyl sites for hydroxylation is 1. The molecule has 1 nitrogen and oxygen atoms in total. The maximum absolute atomic E-state index is 13.0. The first-order valence-electron chi connectivity index (χ1n) is 7.70. The van der Waals surface area contributed by atoms with Gasteiger partial charge in [0.1, 0.15) is 0 Å². The van der Waals surface area contributed by atoms with E-state index in [0.29, 0.717) is 0 Å². The van der Waals surface area contributed by atoms with E-state index in [1.165, 1.54) is 16.0 Å². The van der Waals surface area contributed by atoms with E-state index in [2.05, 4.69) is 42.6 Å². The van der Waals surface area contributed by atoms with Gasteiger partial charge in [-0.1, -0.05) is 54.6 Å². The summed E-state index contributed by atoms with van der Waals surface area (Å²) in [4.78, 5) is 14.1. The molecule has 2 aromatic carbocycles. The largest absolute Gasteiger partial charge is 0.289 e. The van der Waals surface area contributed by atoms with E-state index in [1.54, 1.807) is 11.3 Å². The van der Waals surface area contributed by atoms with Gasteiger partial charge < -0.3 is 0 Å². The van der Waals surface area contributed by atoms with Crippen molar-refractivity contribution in [2.75, 3.05) is 0 Å². The summed E-state index contributed by atoms with van der Waals surface area (Å²) in [5.41, 5.74) is 5.22. The molecule has 4 rings (SSSR count). The molecular formula is C21H16OS. The van der Waals surface area contributed by atoms with Crippen LogP contribution in [0.5, 0.6) is 0 Å². The van der Waals surface area contributed by atoms with Gasteiger partial charge in [0.05, 0.1) is 0 Å². The molecule has 0 amide bonds. The van der Waals surface area contributed by atoms with Crippen molar-refractivity contribution in [2.24, 2.45) is 0 Å². The quantitative estimate of drug-likeness (QED) is 0.573. The minimum absolute atomic E-state index is 0.0291. The van der Waals surface area contributed by atoms with Crippen LogP contribution in [0.4, 0.5) is 0 Å². The zero-order valence-electron chi connectivity index (χ0n) is 12.8. The normalized spacial score (nSPS) is 18.4. The van der Waals surface area contributed by atoms with Crippen molar-refractivity contribution >= 4 is 23.2 Å². The van der Waals surface area contributed by atoms with Gasteiger partial charge in [-0.25, -0.2) is 0 Å². The second-order valence-electron chi connectivity index (χ2n) is 5.83. The van der Waals surface area contributed by atoms with Crippen molar-refractivity contribution < 1.29 is 4.79 Å². The lowest BCUT2D eigenvalue weighted by Gasteiger charge is -2.13. The Morgan fingerprint density at radius 3 is 2.43 bits per heavy atom. The number of carbonyl (C=O) groups excluding carboxylic acids is 1. The Labute approximate surface area is 139 Å². The number of hydrogen-bond donors (Lipinski definition) is 0. The zero-order chi connectivity index (χ0) is 15.8. The first-order valence-corrected chi connectivity index (χ1v) is 8.58. The summed E-state index contributed by atoms with van der Waals surface area (Å²) in [6, 6.07) is 20.4. The molecule has 1 aromatic heterocycles. The standard InChI is InChI=1S/C21H16OS/c1-14-11-12-23-19(14)13-18-20(15-7-3-2-4-8-15)16-9-5-6-10-17(16)21(18)22/h2-13,20H,1H3/b18-13-/t20-/m0/s1. The van der Waals surface area contributed by atoms with Crippen molar-refractivity contribution in [3.8, 4) is 0 Å². The lowest BCUT2D eigenvalue weighted by molar-refractivity contribution is 0.103. The van der Waals surface area contributed by atoms with E-state index in [1.807, 2.05) is 36.4 Å².